The Balaban J connectivity index is 1.83. The van der Waals surface area contributed by atoms with Gasteiger partial charge in [0.1, 0.15) is 5.75 Å². The molecule has 0 aliphatic carbocycles. The lowest BCUT2D eigenvalue weighted by molar-refractivity contribution is -0.125. The number of carbonyl (C=O) groups is 2. The second kappa shape index (κ2) is 9.19. The van der Waals surface area contributed by atoms with Crippen molar-refractivity contribution in [2.45, 2.75) is 6.10 Å². The van der Waals surface area contributed by atoms with Gasteiger partial charge in [-0.25, -0.2) is 4.79 Å². The summed E-state index contributed by atoms with van der Waals surface area (Å²) in [5.41, 5.74) is 1.48. The van der Waals surface area contributed by atoms with Crippen LogP contribution in [0, 0.1) is 0 Å². The van der Waals surface area contributed by atoms with E-state index in [1.807, 2.05) is 6.07 Å². The van der Waals surface area contributed by atoms with Crippen LogP contribution in [0.1, 0.15) is 22.0 Å². The number of esters is 1. The van der Waals surface area contributed by atoms with Gasteiger partial charge >= 0.3 is 5.97 Å². The van der Waals surface area contributed by atoms with Crippen LogP contribution in [-0.2, 0) is 9.53 Å². The number of benzene rings is 3. The van der Waals surface area contributed by atoms with Gasteiger partial charge < -0.3 is 14.8 Å². The van der Waals surface area contributed by atoms with Crippen LogP contribution >= 0.6 is 15.9 Å². The minimum atomic E-state index is -1.09. The Labute approximate surface area is 171 Å². The summed E-state index contributed by atoms with van der Waals surface area (Å²) >= 11 is 3.33. The molecule has 0 aromatic heterocycles. The lowest BCUT2D eigenvalue weighted by Crippen LogP contribution is -2.26. The van der Waals surface area contributed by atoms with Crippen molar-refractivity contribution < 1.29 is 19.1 Å². The summed E-state index contributed by atoms with van der Waals surface area (Å²) < 4.78 is 11.6. The molecule has 142 valence electrons. The van der Waals surface area contributed by atoms with Crippen LogP contribution in [0.25, 0.3) is 0 Å². The molecule has 3 rings (SSSR count). The molecular formula is C22H18BrNO4. The average molecular weight is 440 g/mol. The lowest BCUT2D eigenvalue weighted by Gasteiger charge is -2.18. The Bertz CT molecular complexity index is 958. The molecule has 0 saturated carbocycles. The predicted molar refractivity (Wildman–Crippen MR) is 110 cm³/mol. The number of hydrogen-bond donors (Lipinski definition) is 1. The monoisotopic (exact) mass is 439 g/mol. The zero-order valence-electron chi connectivity index (χ0n) is 15.1. The highest BCUT2D eigenvalue weighted by molar-refractivity contribution is 9.10. The molecule has 1 N–H and O–H groups in total. The van der Waals surface area contributed by atoms with Crippen molar-refractivity contribution in [1.29, 1.82) is 0 Å². The van der Waals surface area contributed by atoms with Crippen LogP contribution in [0.5, 0.6) is 5.75 Å². The molecule has 0 bridgehead atoms. The van der Waals surface area contributed by atoms with E-state index in [0.717, 1.165) is 4.47 Å². The first kappa shape index (κ1) is 19.6. The molecule has 0 spiro atoms. The van der Waals surface area contributed by atoms with Crippen LogP contribution in [-0.4, -0.2) is 19.0 Å². The van der Waals surface area contributed by atoms with Crippen molar-refractivity contribution >= 4 is 33.5 Å². The molecule has 3 aromatic rings. The molecule has 1 amide bonds. The summed E-state index contributed by atoms with van der Waals surface area (Å²) in [5, 5.41) is 2.78. The third-order valence-corrected chi connectivity index (χ3v) is 4.51. The molecule has 28 heavy (non-hydrogen) atoms. The SMILES string of the molecule is COc1cccc(NC(=O)[C@@H](OC(=O)c2ccc(Br)cc2)c2ccccc2)c1. The highest BCUT2D eigenvalue weighted by Gasteiger charge is 2.26. The molecule has 1 atom stereocenters. The lowest BCUT2D eigenvalue weighted by atomic mass is 10.1. The van der Waals surface area contributed by atoms with Crippen LogP contribution < -0.4 is 10.1 Å². The Kier molecular flexibility index (Phi) is 6.45. The minimum absolute atomic E-state index is 0.360. The molecule has 5 nitrogen and oxygen atoms in total. The number of rotatable bonds is 6. The van der Waals surface area contributed by atoms with Crippen molar-refractivity contribution in [3.05, 3.63) is 94.5 Å². The van der Waals surface area contributed by atoms with Gasteiger partial charge in [-0.15, -0.1) is 0 Å². The molecule has 6 heteroatoms. The normalized spacial score (nSPS) is 11.4. The Hall–Kier alpha value is -3.12. The van der Waals surface area contributed by atoms with Gasteiger partial charge in [0.25, 0.3) is 5.91 Å². The maximum absolute atomic E-state index is 12.9. The predicted octanol–water partition coefficient (Wildman–Crippen LogP) is 4.99. The summed E-state index contributed by atoms with van der Waals surface area (Å²) in [6.45, 7) is 0. The van der Waals surface area contributed by atoms with E-state index in [0.29, 0.717) is 22.6 Å². The van der Waals surface area contributed by atoms with E-state index in [-0.39, 0.29) is 0 Å². The van der Waals surface area contributed by atoms with Crippen molar-refractivity contribution in [1.82, 2.24) is 0 Å². The van der Waals surface area contributed by atoms with E-state index in [4.69, 9.17) is 9.47 Å². The van der Waals surface area contributed by atoms with Gasteiger partial charge in [0.05, 0.1) is 12.7 Å². The molecule has 3 aromatic carbocycles. The molecule has 0 aliphatic rings. The zero-order chi connectivity index (χ0) is 19.9. The number of anilines is 1. The number of hydrogen-bond acceptors (Lipinski definition) is 4. The first-order valence-electron chi connectivity index (χ1n) is 8.53. The number of halogens is 1. The highest BCUT2D eigenvalue weighted by Crippen LogP contribution is 2.24. The molecule has 0 fully saturated rings. The number of carbonyl (C=O) groups excluding carboxylic acids is 2. The van der Waals surface area contributed by atoms with Crippen molar-refractivity contribution in [2.75, 3.05) is 12.4 Å². The molecule has 0 unspecified atom stereocenters. The average Bonchev–Trinajstić information content (AvgIpc) is 2.73. The van der Waals surface area contributed by atoms with E-state index in [1.54, 1.807) is 79.9 Å². The summed E-state index contributed by atoms with van der Waals surface area (Å²) in [7, 11) is 1.55. The van der Waals surface area contributed by atoms with E-state index >= 15 is 0 Å². The second-order valence-corrected chi connectivity index (χ2v) is 6.84. The standard InChI is InChI=1S/C22H18BrNO4/c1-27-19-9-5-8-18(14-19)24-21(25)20(15-6-3-2-4-7-15)28-22(26)16-10-12-17(23)13-11-16/h2-14,20H,1H3,(H,24,25)/t20-/m0/s1. The van der Waals surface area contributed by atoms with E-state index in [1.165, 1.54) is 0 Å². The summed E-state index contributed by atoms with van der Waals surface area (Å²) in [4.78, 5) is 25.5. The van der Waals surface area contributed by atoms with Gasteiger partial charge in [0.15, 0.2) is 0 Å². The smallest absolute Gasteiger partial charge is 0.339 e. The van der Waals surface area contributed by atoms with Crippen LogP contribution in [0.2, 0.25) is 0 Å². The Morgan fingerprint density at radius 3 is 2.32 bits per heavy atom. The summed E-state index contributed by atoms with van der Waals surface area (Å²) in [6.07, 6.45) is -1.09. The van der Waals surface area contributed by atoms with Crippen molar-refractivity contribution in [3.63, 3.8) is 0 Å². The Morgan fingerprint density at radius 1 is 0.929 bits per heavy atom. The molecule has 0 aliphatic heterocycles. The fourth-order valence-corrected chi connectivity index (χ4v) is 2.83. The Morgan fingerprint density at radius 2 is 1.64 bits per heavy atom. The summed E-state index contributed by atoms with van der Waals surface area (Å²) in [6, 6.07) is 22.6. The van der Waals surface area contributed by atoms with E-state index in [9.17, 15) is 9.59 Å². The van der Waals surface area contributed by atoms with Gasteiger partial charge in [-0.1, -0.05) is 52.3 Å². The topological polar surface area (TPSA) is 64.6 Å². The number of nitrogens with one attached hydrogen (secondary N) is 1. The number of amides is 1. The summed E-state index contributed by atoms with van der Waals surface area (Å²) in [5.74, 6) is -0.423. The van der Waals surface area contributed by atoms with Gasteiger partial charge in [0, 0.05) is 21.8 Å². The number of methoxy groups -OCH3 is 1. The van der Waals surface area contributed by atoms with E-state index in [2.05, 4.69) is 21.2 Å². The molecular weight excluding hydrogens is 422 g/mol. The fraction of sp³-hybridized carbons (Fsp3) is 0.0909. The van der Waals surface area contributed by atoms with Crippen molar-refractivity contribution in [3.8, 4) is 5.75 Å². The molecule has 0 heterocycles. The highest BCUT2D eigenvalue weighted by atomic mass is 79.9. The maximum Gasteiger partial charge on any atom is 0.339 e. The van der Waals surface area contributed by atoms with Crippen LogP contribution in [0.4, 0.5) is 5.69 Å². The largest absolute Gasteiger partial charge is 0.497 e. The zero-order valence-corrected chi connectivity index (χ0v) is 16.7. The molecule has 0 radical (unpaired) electrons. The first-order valence-corrected chi connectivity index (χ1v) is 9.32. The fourth-order valence-electron chi connectivity index (χ4n) is 2.57. The maximum atomic E-state index is 12.9. The van der Waals surface area contributed by atoms with Crippen LogP contribution in [0.15, 0.2) is 83.3 Å². The third kappa shape index (κ3) is 4.98. The quantitative estimate of drug-likeness (QED) is 0.549. The third-order valence-electron chi connectivity index (χ3n) is 3.98. The van der Waals surface area contributed by atoms with Gasteiger partial charge in [-0.05, 0) is 36.4 Å². The van der Waals surface area contributed by atoms with Gasteiger partial charge in [-0.3, -0.25) is 4.79 Å². The van der Waals surface area contributed by atoms with E-state index < -0.39 is 18.0 Å². The van der Waals surface area contributed by atoms with Crippen LogP contribution in [0.3, 0.4) is 0 Å². The number of ether oxygens (including phenoxy) is 2. The first-order chi connectivity index (χ1) is 13.6. The minimum Gasteiger partial charge on any atom is -0.497 e. The second-order valence-electron chi connectivity index (χ2n) is 5.92. The van der Waals surface area contributed by atoms with Gasteiger partial charge in [0.2, 0.25) is 6.10 Å². The van der Waals surface area contributed by atoms with Crippen molar-refractivity contribution in [2.24, 2.45) is 0 Å². The van der Waals surface area contributed by atoms with Gasteiger partial charge in [-0.2, -0.15) is 0 Å². The molecule has 0 saturated heterocycles.